The van der Waals surface area contributed by atoms with Crippen molar-refractivity contribution in [3.05, 3.63) is 54.0 Å². The van der Waals surface area contributed by atoms with Crippen molar-refractivity contribution < 1.29 is 22.1 Å². The minimum absolute atomic E-state index is 0. The van der Waals surface area contributed by atoms with Gasteiger partial charge in [-0.25, -0.2) is 0 Å². The van der Waals surface area contributed by atoms with E-state index in [0.29, 0.717) is 23.3 Å². The van der Waals surface area contributed by atoms with Gasteiger partial charge in [-0.15, -0.1) is 0 Å². The minimum Gasteiger partial charge on any atom is -0.467 e. The molecule has 5 nitrogen and oxygen atoms in total. The molecule has 0 unspecified atom stereocenters. The van der Waals surface area contributed by atoms with Gasteiger partial charge in [-0.05, 0) is 29.7 Å². The Morgan fingerprint density at radius 2 is 2.00 bits per heavy atom. The molecule has 0 spiro atoms. The van der Waals surface area contributed by atoms with Crippen LogP contribution in [0.15, 0.2) is 47.1 Å². The van der Waals surface area contributed by atoms with Crippen LogP contribution in [0.1, 0.15) is 19.0 Å². The summed E-state index contributed by atoms with van der Waals surface area (Å²) in [5.74, 6) is 0.427. The molecule has 1 amide bonds. The molecule has 96 valence electrons. The zero-order valence-electron chi connectivity index (χ0n) is 9.54. The van der Waals surface area contributed by atoms with Gasteiger partial charge in [-0.3, -0.25) is 4.79 Å². The summed E-state index contributed by atoms with van der Waals surface area (Å²) in [5, 5.41) is 20.5. The van der Waals surface area contributed by atoms with Crippen molar-refractivity contribution >= 4 is 18.5 Å². The smallest absolute Gasteiger partial charge is 0.467 e. The van der Waals surface area contributed by atoms with Crippen molar-refractivity contribution in [1.82, 2.24) is 5.32 Å². The van der Waals surface area contributed by atoms with Crippen molar-refractivity contribution in [3.63, 3.8) is 0 Å². The van der Waals surface area contributed by atoms with Gasteiger partial charge in [-0.1, -0.05) is 12.1 Å². The monoisotopic (exact) mass is 249 g/mol. The number of furan rings is 1. The number of hydrogen-bond acceptors (Lipinski definition) is 4. The molecule has 1 heterocycles. The SMILES string of the molecule is O=C(NCc1ccco1)c1ccc(B(O)O)cc1.[HH].[HH]. The molecule has 6 heteroatoms. The molecule has 0 saturated heterocycles. The number of rotatable bonds is 4. The Morgan fingerprint density at radius 1 is 1.28 bits per heavy atom. The van der Waals surface area contributed by atoms with Gasteiger partial charge >= 0.3 is 7.12 Å². The summed E-state index contributed by atoms with van der Waals surface area (Å²) in [5.41, 5.74) is 0.795. The quantitative estimate of drug-likeness (QED) is 0.684. The van der Waals surface area contributed by atoms with Gasteiger partial charge in [-0.2, -0.15) is 0 Å². The maximum atomic E-state index is 11.7. The molecule has 0 atom stereocenters. The average molecular weight is 249 g/mol. The predicted octanol–water partition coefficient (Wildman–Crippen LogP) is 0.381. The Morgan fingerprint density at radius 3 is 2.56 bits per heavy atom. The summed E-state index contributed by atoms with van der Waals surface area (Å²) in [6.07, 6.45) is 1.54. The van der Waals surface area contributed by atoms with Gasteiger partial charge in [0.05, 0.1) is 12.8 Å². The second-order valence-corrected chi connectivity index (χ2v) is 3.76. The Balaban J connectivity index is 0.00000180. The van der Waals surface area contributed by atoms with E-state index in [1.54, 1.807) is 18.4 Å². The van der Waals surface area contributed by atoms with E-state index in [1.807, 2.05) is 0 Å². The van der Waals surface area contributed by atoms with Gasteiger partial charge in [0, 0.05) is 8.42 Å². The third-order valence-electron chi connectivity index (χ3n) is 2.47. The van der Waals surface area contributed by atoms with Crippen LogP contribution in [0.4, 0.5) is 0 Å². The van der Waals surface area contributed by atoms with Crippen LogP contribution in [0.3, 0.4) is 0 Å². The van der Waals surface area contributed by atoms with Gasteiger partial charge in [0.1, 0.15) is 5.76 Å². The number of nitrogens with one attached hydrogen (secondary N) is 1. The van der Waals surface area contributed by atoms with E-state index in [4.69, 9.17) is 14.5 Å². The Hall–Kier alpha value is -2.05. The molecule has 0 aliphatic heterocycles. The van der Waals surface area contributed by atoms with Crippen molar-refractivity contribution in [1.29, 1.82) is 0 Å². The van der Waals surface area contributed by atoms with Gasteiger partial charge < -0.3 is 19.8 Å². The largest absolute Gasteiger partial charge is 0.488 e. The maximum Gasteiger partial charge on any atom is 0.488 e. The Kier molecular flexibility index (Phi) is 3.81. The number of amides is 1. The lowest BCUT2D eigenvalue weighted by Gasteiger charge is -2.04. The maximum absolute atomic E-state index is 11.7. The molecule has 0 saturated carbocycles. The van der Waals surface area contributed by atoms with Gasteiger partial charge in [0.2, 0.25) is 0 Å². The zero-order chi connectivity index (χ0) is 13.0. The van der Waals surface area contributed by atoms with E-state index in [2.05, 4.69) is 5.32 Å². The fraction of sp³-hybridized carbons (Fsp3) is 0.0833. The van der Waals surface area contributed by atoms with E-state index in [9.17, 15) is 4.79 Å². The van der Waals surface area contributed by atoms with E-state index in [-0.39, 0.29) is 8.76 Å². The average Bonchev–Trinajstić information content (AvgIpc) is 2.89. The fourth-order valence-electron chi connectivity index (χ4n) is 1.49. The summed E-state index contributed by atoms with van der Waals surface area (Å²) in [6.45, 7) is 0.316. The molecule has 1 aromatic heterocycles. The predicted molar refractivity (Wildman–Crippen MR) is 70.4 cm³/mol. The third kappa shape index (κ3) is 3.00. The number of hydrogen-bond donors (Lipinski definition) is 3. The van der Waals surface area contributed by atoms with Crippen molar-refractivity contribution in [2.24, 2.45) is 0 Å². The summed E-state index contributed by atoms with van der Waals surface area (Å²) < 4.78 is 5.09. The standard InChI is InChI=1S/C12H12BNO4.2H2/c15-12(14-8-11-2-1-7-18-11)9-3-5-10(6-4-9)13(16)17;;/h1-7,16-17H,8H2,(H,14,15);2*1H. The molecule has 0 radical (unpaired) electrons. The first-order chi connectivity index (χ1) is 8.66. The van der Waals surface area contributed by atoms with Gasteiger partial charge in [0.25, 0.3) is 5.91 Å². The van der Waals surface area contributed by atoms with Crippen LogP contribution < -0.4 is 10.8 Å². The highest BCUT2D eigenvalue weighted by Crippen LogP contribution is 2.01. The van der Waals surface area contributed by atoms with Gasteiger partial charge in [0.15, 0.2) is 0 Å². The molecule has 0 bridgehead atoms. The molecule has 0 aliphatic carbocycles. The molecule has 0 aliphatic rings. The second-order valence-electron chi connectivity index (χ2n) is 3.76. The van der Waals surface area contributed by atoms with Crippen LogP contribution >= 0.6 is 0 Å². The van der Waals surface area contributed by atoms with Crippen molar-refractivity contribution in [3.8, 4) is 0 Å². The summed E-state index contributed by atoms with van der Waals surface area (Å²) >= 11 is 0. The number of benzene rings is 1. The Bertz CT molecular complexity index is 517. The van der Waals surface area contributed by atoms with Crippen molar-refractivity contribution in [2.45, 2.75) is 6.54 Å². The lowest BCUT2D eigenvalue weighted by atomic mass is 9.80. The summed E-state index contributed by atoms with van der Waals surface area (Å²) in [7, 11) is -1.52. The molecule has 2 aromatic rings. The molecular weight excluding hydrogens is 233 g/mol. The molecule has 3 N–H and O–H groups in total. The Labute approximate surface area is 107 Å². The molecule has 2 rings (SSSR count). The highest BCUT2D eigenvalue weighted by atomic mass is 16.4. The van der Waals surface area contributed by atoms with E-state index in [1.165, 1.54) is 24.3 Å². The first-order valence-corrected chi connectivity index (χ1v) is 5.43. The topological polar surface area (TPSA) is 82.7 Å². The first-order valence-electron chi connectivity index (χ1n) is 5.43. The van der Waals surface area contributed by atoms with E-state index < -0.39 is 7.12 Å². The first kappa shape index (κ1) is 12.4. The highest BCUT2D eigenvalue weighted by Gasteiger charge is 2.12. The lowest BCUT2D eigenvalue weighted by molar-refractivity contribution is 0.0948. The number of carbonyl (C=O) groups excluding carboxylic acids is 1. The molecule has 1 aromatic carbocycles. The van der Waals surface area contributed by atoms with Crippen molar-refractivity contribution in [2.75, 3.05) is 0 Å². The zero-order valence-corrected chi connectivity index (χ0v) is 9.54. The normalized spacial score (nSPS) is 10.1. The highest BCUT2D eigenvalue weighted by molar-refractivity contribution is 6.58. The van der Waals surface area contributed by atoms with Crippen LogP contribution in [-0.2, 0) is 6.54 Å². The third-order valence-corrected chi connectivity index (χ3v) is 2.47. The summed E-state index contributed by atoms with van der Waals surface area (Å²) in [4.78, 5) is 11.7. The van der Waals surface area contributed by atoms with Crippen LogP contribution in [0.5, 0.6) is 0 Å². The second kappa shape index (κ2) is 5.53. The number of carbonyl (C=O) groups is 1. The molecular formula is C12H16BNO4. The van der Waals surface area contributed by atoms with Crippen LogP contribution in [-0.4, -0.2) is 23.1 Å². The van der Waals surface area contributed by atoms with Crippen LogP contribution in [0.25, 0.3) is 0 Å². The summed E-state index contributed by atoms with van der Waals surface area (Å²) in [6, 6.07) is 9.57. The lowest BCUT2D eigenvalue weighted by Crippen LogP contribution is -2.30. The van der Waals surface area contributed by atoms with E-state index in [0.717, 1.165) is 0 Å². The van der Waals surface area contributed by atoms with Crippen LogP contribution in [0, 0.1) is 0 Å². The van der Waals surface area contributed by atoms with E-state index >= 15 is 0 Å². The van der Waals surface area contributed by atoms with Crippen LogP contribution in [0.2, 0.25) is 0 Å². The minimum atomic E-state index is -1.52. The molecule has 18 heavy (non-hydrogen) atoms. The molecule has 0 fully saturated rings. The fourth-order valence-corrected chi connectivity index (χ4v) is 1.49.